The number of rotatable bonds is 2. The molecule has 0 radical (unpaired) electrons. The second-order valence-corrected chi connectivity index (χ2v) is 4.22. The van der Waals surface area contributed by atoms with Crippen molar-refractivity contribution in [3.05, 3.63) is 51.8 Å². The zero-order chi connectivity index (χ0) is 14.9. The van der Waals surface area contributed by atoms with Crippen molar-refractivity contribution in [1.82, 2.24) is 9.78 Å². The molecule has 106 valence electrons. The van der Waals surface area contributed by atoms with Crippen molar-refractivity contribution in [2.24, 2.45) is 0 Å². The number of nitrogens with zero attached hydrogens (tertiary/aromatic N) is 2. The molecule has 0 saturated heterocycles. The van der Waals surface area contributed by atoms with Crippen LogP contribution in [0.15, 0.2) is 39.0 Å². The summed E-state index contributed by atoms with van der Waals surface area (Å²) < 4.78 is 43.1. The number of alkyl halides is 3. The average molecular weight is 325 g/mol. The number of halogens is 5. The van der Waals surface area contributed by atoms with Crippen molar-refractivity contribution in [2.75, 3.05) is 0 Å². The van der Waals surface area contributed by atoms with E-state index in [-0.39, 0.29) is 16.6 Å². The predicted octanol–water partition coefficient (Wildman–Crippen LogP) is 3.62. The van der Waals surface area contributed by atoms with Crippen LogP contribution in [0.3, 0.4) is 0 Å². The summed E-state index contributed by atoms with van der Waals surface area (Å²) in [4.78, 5) is 11.5. The first kappa shape index (κ1) is 14.7. The summed E-state index contributed by atoms with van der Waals surface area (Å²) in [5.74, 6) is -1.26. The van der Waals surface area contributed by atoms with Gasteiger partial charge in [-0.05, 0) is 18.2 Å². The molecule has 0 N–H and O–H groups in total. The van der Waals surface area contributed by atoms with Crippen LogP contribution in [0.4, 0.5) is 13.2 Å². The van der Waals surface area contributed by atoms with Crippen LogP contribution < -0.4 is 5.76 Å². The van der Waals surface area contributed by atoms with Gasteiger partial charge in [0, 0.05) is 5.54 Å². The zero-order valence-electron chi connectivity index (χ0n) is 9.49. The third-order valence-corrected chi connectivity index (χ3v) is 2.87. The molecule has 0 spiro atoms. The molecule has 0 unspecified atom stereocenters. The minimum Gasteiger partial charge on any atom is -0.386 e. The lowest BCUT2D eigenvalue weighted by molar-refractivity contribution is -0.137. The van der Waals surface area contributed by atoms with Gasteiger partial charge in [0.1, 0.15) is 5.03 Å². The normalized spacial score (nSPS) is 12.8. The van der Waals surface area contributed by atoms with Crippen molar-refractivity contribution < 1.29 is 17.6 Å². The Bertz CT molecular complexity index is 719. The van der Waals surface area contributed by atoms with Crippen molar-refractivity contribution in [3.8, 4) is 5.69 Å². The smallest absolute Gasteiger partial charge is 0.386 e. The Morgan fingerprint density at radius 1 is 1.40 bits per heavy atom. The highest BCUT2D eigenvalue weighted by atomic mass is 35.5. The Hall–Kier alpha value is -1.73. The van der Waals surface area contributed by atoms with E-state index in [2.05, 4.69) is 9.52 Å². The number of hydrogen-bond acceptors (Lipinski definition) is 3. The lowest BCUT2D eigenvalue weighted by atomic mass is 10.2. The molecule has 20 heavy (non-hydrogen) atoms. The zero-order valence-corrected chi connectivity index (χ0v) is 11.0. The fraction of sp³-hybridized carbons (Fsp3) is 0.0909. The standard InChI is InChI=1S/C11H5Cl2F3N2O2/c12-5-8(13)9-17-18(10(19)20-9)7-3-1-2-6(4-7)11(14,15)16/h1-5H/b8-5-. The Morgan fingerprint density at radius 2 is 2.10 bits per heavy atom. The second-order valence-electron chi connectivity index (χ2n) is 3.59. The minimum absolute atomic E-state index is 0.0983. The third-order valence-electron chi connectivity index (χ3n) is 2.27. The highest BCUT2D eigenvalue weighted by Gasteiger charge is 2.30. The van der Waals surface area contributed by atoms with Crippen molar-refractivity contribution >= 4 is 28.2 Å². The molecule has 0 fully saturated rings. The van der Waals surface area contributed by atoms with Crippen molar-refractivity contribution in [3.63, 3.8) is 0 Å². The van der Waals surface area contributed by atoms with Gasteiger partial charge in [0.15, 0.2) is 0 Å². The first-order chi connectivity index (χ1) is 9.32. The first-order valence-corrected chi connectivity index (χ1v) is 5.88. The van der Waals surface area contributed by atoms with Crippen molar-refractivity contribution in [1.29, 1.82) is 0 Å². The average Bonchev–Trinajstić information content (AvgIpc) is 2.79. The summed E-state index contributed by atoms with van der Waals surface area (Å²) >= 11 is 10.9. The fourth-order valence-corrected chi connectivity index (χ4v) is 1.57. The monoisotopic (exact) mass is 324 g/mol. The molecule has 0 aliphatic carbocycles. The largest absolute Gasteiger partial charge is 0.442 e. The Labute approximate surface area is 120 Å². The van der Waals surface area contributed by atoms with E-state index in [0.29, 0.717) is 4.68 Å². The summed E-state index contributed by atoms with van der Waals surface area (Å²) in [5.41, 5.74) is -0.0900. The Morgan fingerprint density at radius 3 is 2.70 bits per heavy atom. The Balaban J connectivity index is 2.53. The first-order valence-electron chi connectivity index (χ1n) is 5.07. The third kappa shape index (κ3) is 2.88. The van der Waals surface area contributed by atoms with Crippen LogP contribution in [0.1, 0.15) is 11.5 Å². The van der Waals surface area contributed by atoms with Gasteiger partial charge in [-0.25, -0.2) is 4.79 Å². The quantitative estimate of drug-likeness (QED) is 0.847. The summed E-state index contributed by atoms with van der Waals surface area (Å²) in [7, 11) is 0. The van der Waals surface area contributed by atoms with Crippen LogP contribution in [0.2, 0.25) is 0 Å². The predicted molar refractivity (Wildman–Crippen MR) is 66.8 cm³/mol. The van der Waals surface area contributed by atoms with Crippen LogP contribution >= 0.6 is 23.2 Å². The molecule has 2 rings (SSSR count). The minimum atomic E-state index is -4.53. The molecule has 0 amide bonds. The van der Waals surface area contributed by atoms with Crippen LogP contribution in [0, 0.1) is 0 Å². The maximum absolute atomic E-state index is 12.6. The summed E-state index contributed by atoms with van der Waals surface area (Å²) in [6.45, 7) is 0. The van der Waals surface area contributed by atoms with E-state index >= 15 is 0 Å². The molecule has 0 bridgehead atoms. The summed E-state index contributed by atoms with van der Waals surface area (Å²) in [6.07, 6.45) is -4.53. The van der Waals surface area contributed by atoms with E-state index in [1.54, 1.807) is 0 Å². The molecule has 2 aromatic rings. The van der Waals surface area contributed by atoms with Gasteiger partial charge in [-0.15, -0.1) is 5.10 Å². The molecular formula is C11H5Cl2F3N2O2. The molecule has 0 aliphatic rings. The second kappa shape index (κ2) is 5.34. The molecule has 1 heterocycles. The number of hydrogen-bond donors (Lipinski definition) is 0. The molecule has 4 nitrogen and oxygen atoms in total. The van der Waals surface area contributed by atoms with E-state index in [4.69, 9.17) is 23.2 Å². The van der Waals surface area contributed by atoms with Gasteiger partial charge < -0.3 is 4.42 Å². The maximum atomic E-state index is 12.6. The molecule has 1 aromatic carbocycles. The van der Waals surface area contributed by atoms with E-state index in [1.807, 2.05) is 0 Å². The summed E-state index contributed by atoms with van der Waals surface area (Å²) in [6, 6.07) is 4.08. The van der Waals surface area contributed by atoms with Crippen LogP contribution in [-0.4, -0.2) is 9.78 Å². The van der Waals surface area contributed by atoms with Gasteiger partial charge in [-0.1, -0.05) is 29.3 Å². The topological polar surface area (TPSA) is 48.0 Å². The van der Waals surface area contributed by atoms with E-state index in [1.165, 1.54) is 6.07 Å². The number of benzene rings is 1. The van der Waals surface area contributed by atoms with Gasteiger partial charge >= 0.3 is 11.9 Å². The van der Waals surface area contributed by atoms with Gasteiger partial charge in [-0.2, -0.15) is 17.9 Å². The molecular weight excluding hydrogens is 320 g/mol. The summed E-state index contributed by atoms with van der Waals surface area (Å²) in [5, 5.41) is 3.52. The van der Waals surface area contributed by atoms with Crippen LogP contribution in [0.5, 0.6) is 0 Å². The maximum Gasteiger partial charge on any atom is 0.442 e. The lowest BCUT2D eigenvalue weighted by Gasteiger charge is -2.07. The molecule has 9 heteroatoms. The van der Waals surface area contributed by atoms with Crippen LogP contribution in [0.25, 0.3) is 10.7 Å². The highest BCUT2D eigenvalue weighted by molar-refractivity contribution is 6.52. The fourth-order valence-electron chi connectivity index (χ4n) is 1.40. The van der Waals surface area contributed by atoms with Gasteiger partial charge in [0.05, 0.1) is 11.3 Å². The molecule has 1 aromatic heterocycles. The Kier molecular flexibility index (Phi) is 3.92. The molecule has 0 saturated carbocycles. The van der Waals surface area contributed by atoms with Gasteiger partial charge in [0.2, 0.25) is 0 Å². The van der Waals surface area contributed by atoms with E-state index < -0.39 is 17.5 Å². The van der Waals surface area contributed by atoms with E-state index in [9.17, 15) is 18.0 Å². The number of aromatic nitrogens is 2. The van der Waals surface area contributed by atoms with Crippen LogP contribution in [-0.2, 0) is 6.18 Å². The van der Waals surface area contributed by atoms with E-state index in [0.717, 1.165) is 23.7 Å². The van der Waals surface area contributed by atoms with Gasteiger partial charge in [0.25, 0.3) is 5.89 Å². The molecule has 0 atom stereocenters. The van der Waals surface area contributed by atoms with Gasteiger partial charge in [-0.3, -0.25) is 0 Å². The highest BCUT2D eigenvalue weighted by Crippen LogP contribution is 2.30. The lowest BCUT2D eigenvalue weighted by Crippen LogP contribution is -2.14. The SMILES string of the molecule is O=c1oc(/C(Cl)=C/Cl)nn1-c1cccc(C(F)(F)F)c1. The van der Waals surface area contributed by atoms with Crippen molar-refractivity contribution in [2.45, 2.75) is 6.18 Å². The molecule has 0 aliphatic heterocycles.